The fourth-order valence-corrected chi connectivity index (χ4v) is 3.37. The Morgan fingerprint density at radius 2 is 1.86 bits per heavy atom. The molecule has 0 bridgehead atoms. The first kappa shape index (κ1) is 19.5. The van der Waals surface area contributed by atoms with Crippen LogP contribution in [-0.4, -0.2) is 43.1 Å². The Morgan fingerprint density at radius 1 is 1.14 bits per heavy atom. The Bertz CT molecular complexity index is 852. The number of hydrogen-bond donors (Lipinski definition) is 0. The summed E-state index contributed by atoms with van der Waals surface area (Å²) < 4.78 is 16.2. The molecule has 2 aromatic rings. The summed E-state index contributed by atoms with van der Waals surface area (Å²) in [6.45, 7) is 0.509. The van der Waals surface area contributed by atoms with Crippen LogP contribution in [0.5, 0.6) is 17.2 Å². The van der Waals surface area contributed by atoms with Crippen molar-refractivity contribution in [2.24, 2.45) is 0 Å². The van der Waals surface area contributed by atoms with E-state index in [-0.39, 0.29) is 24.2 Å². The lowest BCUT2D eigenvalue weighted by atomic mass is 10.0. The van der Waals surface area contributed by atoms with Gasteiger partial charge in [0.05, 0.1) is 25.2 Å². The molecule has 8 nitrogen and oxygen atoms in total. The van der Waals surface area contributed by atoms with Crippen molar-refractivity contribution < 1.29 is 23.9 Å². The number of carbonyl (C=O) groups excluding carboxylic acids is 1. The fourth-order valence-electron chi connectivity index (χ4n) is 3.37. The molecular weight excluding hydrogens is 364 g/mol. The van der Waals surface area contributed by atoms with Crippen LogP contribution >= 0.6 is 0 Å². The molecule has 1 unspecified atom stereocenters. The molecular formula is C20H22N2O6. The van der Waals surface area contributed by atoms with Crippen molar-refractivity contribution in [3.8, 4) is 17.2 Å². The molecule has 1 atom stereocenters. The summed E-state index contributed by atoms with van der Waals surface area (Å²) in [5, 5.41) is 10.7. The molecule has 2 aromatic carbocycles. The van der Waals surface area contributed by atoms with E-state index in [1.54, 1.807) is 19.1 Å². The second-order valence-corrected chi connectivity index (χ2v) is 6.39. The molecule has 1 amide bonds. The maximum absolute atomic E-state index is 12.7. The molecule has 8 heteroatoms. The van der Waals surface area contributed by atoms with Crippen molar-refractivity contribution in [3.63, 3.8) is 0 Å². The summed E-state index contributed by atoms with van der Waals surface area (Å²) in [6, 6.07) is 11.2. The van der Waals surface area contributed by atoms with Gasteiger partial charge in [-0.1, -0.05) is 0 Å². The number of nitro groups is 1. The zero-order valence-corrected chi connectivity index (χ0v) is 15.8. The van der Waals surface area contributed by atoms with Crippen molar-refractivity contribution in [2.75, 3.05) is 27.4 Å². The molecule has 1 aliphatic rings. The van der Waals surface area contributed by atoms with E-state index < -0.39 is 4.92 Å². The first-order chi connectivity index (χ1) is 13.5. The molecule has 0 N–H and O–H groups in total. The van der Waals surface area contributed by atoms with E-state index >= 15 is 0 Å². The largest absolute Gasteiger partial charge is 0.497 e. The minimum atomic E-state index is -0.480. The van der Waals surface area contributed by atoms with Gasteiger partial charge in [0.25, 0.3) is 11.6 Å². The highest BCUT2D eigenvalue weighted by Crippen LogP contribution is 2.38. The van der Waals surface area contributed by atoms with E-state index in [1.165, 1.54) is 24.3 Å². The quantitative estimate of drug-likeness (QED) is 0.535. The van der Waals surface area contributed by atoms with Crippen LogP contribution in [0.15, 0.2) is 42.5 Å². The predicted molar refractivity (Wildman–Crippen MR) is 102 cm³/mol. The first-order valence-corrected chi connectivity index (χ1v) is 8.92. The zero-order valence-electron chi connectivity index (χ0n) is 15.8. The van der Waals surface area contributed by atoms with Crippen LogP contribution in [0, 0.1) is 10.1 Å². The number of methoxy groups -OCH3 is 2. The molecule has 1 fully saturated rings. The van der Waals surface area contributed by atoms with Gasteiger partial charge in [-0.15, -0.1) is 0 Å². The Hall–Kier alpha value is -3.29. The van der Waals surface area contributed by atoms with Crippen LogP contribution in [0.25, 0.3) is 0 Å². The zero-order chi connectivity index (χ0) is 20.1. The summed E-state index contributed by atoms with van der Waals surface area (Å²) in [6.07, 6.45) is 1.73. The average Bonchev–Trinajstić information content (AvgIpc) is 3.21. The lowest BCUT2D eigenvalue weighted by molar-refractivity contribution is -0.384. The predicted octanol–water partition coefficient (Wildman–Crippen LogP) is 3.35. The van der Waals surface area contributed by atoms with Gasteiger partial charge in [-0.25, -0.2) is 0 Å². The number of carbonyl (C=O) groups is 1. The van der Waals surface area contributed by atoms with Gasteiger partial charge in [-0.05, 0) is 37.1 Å². The summed E-state index contributed by atoms with van der Waals surface area (Å²) in [7, 11) is 3.19. The van der Waals surface area contributed by atoms with Crippen LogP contribution in [0.2, 0.25) is 0 Å². The summed E-state index contributed by atoms with van der Waals surface area (Å²) in [5.74, 6) is 1.65. The second kappa shape index (κ2) is 8.60. The Morgan fingerprint density at radius 3 is 2.50 bits per heavy atom. The van der Waals surface area contributed by atoms with Gasteiger partial charge in [-0.3, -0.25) is 14.9 Å². The molecule has 28 heavy (non-hydrogen) atoms. The molecule has 1 heterocycles. The second-order valence-electron chi connectivity index (χ2n) is 6.39. The number of nitrogens with zero attached hydrogens (tertiary/aromatic N) is 2. The van der Waals surface area contributed by atoms with E-state index in [4.69, 9.17) is 14.2 Å². The number of benzene rings is 2. The molecule has 1 saturated heterocycles. The Labute approximate surface area is 162 Å². The monoisotopic (exact) mass is 386 g/mol. The molecule has 0 saturated carbocycles. The third-order valence-corrected chi connectivity index (χ3v) is 4.78. The number of amides is 1. The maximum Gasteiger partial charge on any atom is 0.269 e. The smallest absolute Gasteiger partial charge is 0.269 e. The first-order valence-electron chi connectivity index (χ1n) is 8.92. The molecule has 0 radical (unpaired) electrons. The van der Waals surface area contributed by atoms with Crippen molar-refractivity contribution in [1.29, 1.82) is 0 Å². The van der Waals surface area contributed by atoms with Gasteiger partial charge in [0, 0.05) is 30.3 Å². The molecule has 0 spiro atoms. The minimum Gasteiger partial charge on any atom is -0.497 e. The van der Waals surface area contributed by atoms with Crippen molar-refractivity contribution in [3.05, 3.63) is 58.1 Å². The normalized spacial score (nSPS) is 15.9. The van der Waals surface area contributed by atoms with Gasteiger partial charge in [-0.2, -0.15) is 0 Å². The van der Waals surface area contributed by atoms with Crippen LogP contribution in [0.1, 0.15) is 24.4 Å². The van der Waals surface area contributed by atoms with E-state index in [9.17, 15) is 14.9 Å². The number of likely N-dealkylation sites (tertiary alicyclic amines) is 1. The van der Waals surface area contributed by atoms with Crippen molar-refractivity contribution >= 4 is 11.6 Å². The minimum absolute atomic E-state index is 0.0233. The van der Waals surface area contributed by atoms with E-state index in [0.717, 1.165) is 18.4 Å². The third-order valence-electron chi connectivity index (χ3n) is 4.78. The topological polar surface area (TPSA) is 91.1 Å². The lowest BCUT2D eigenvalue weighted by Gasteiger charge is -2.26. The Kier molecular flexibility index (Phi) is 5.98. The van der Waals surface area contributed by atoms with Gasteiger partial charge < -0.3 is 19.1 Å². The molecule has 0 aromatic heterocycles. The van der Waals surface area contributed by atoms with Gasteiger partial charge in [0.1, 0.15) is 17.2 Å². The Balaban J connectivity index is 1.68. The third kappa shape index (κ3) is 4.16. The van der Waals surface area contributed by atoms with Crippen LogP contribution < -0.4 is 14.2 Å². The maximum atomic E-state index is 12.7. The average molecular weight is 386 g/mol. The van der Waals surface area contributed by atoms with E-state index in [0.29, 0.717) is 23.8 Å². The summed E-state index contributed by atoms with van der Waals surface area (Å²) in [4.78, 5) is 24.7. The fraction of sp³-hybridized carbons (Fsp3) is 0.350. The number of ether oxygens (including phenoxy) is 3. The van der Waals surface area contributed by atoms with Crippen LogP contribution in [-0.2, 0) is 4.79 Å². The van der Waals surface area contributed by atoms with Gasteiger partial charge >= 0.3 is 0 Å². The molecule has 1 aliphatic heterocycles. The molecule has 148 valence electrons. The highest BCUT2D eigenvalue weighted by molar-refractivity contribution is 5.78. The van der Waals surface area contributed by atoms with E-state index in [1.807, 2.05) is 18.2 Å². The van der Waals surface area contributed by atoms with Gasteiger partial charge in [0.2, 0.25) is 0 Å². The SMILES string of the molecule is COc1ccc(C2CCCN2C(=O)COc2ccc([N+](=O)[O-])cc2)c(OC)c1. The summed E-state index contributed by atoms with van der Waals surface area (Å²) in [5.41, 5.74) is 0.911. The highest BCUT2D eigenvalue weighted by atomic mass is 16.6. The molecule has 0 aliphatic carbocycles. The number of non-ortho nitro benzene ring substituents is 1. The summed E-state index contributed by atoms with van der Waals surface area (Å²) >= 11 is 0. The number of rotatable bonds is 7. The van der Waals surface area contributed by atoms with Crippen LogP contribution in [0.3, 0.4) is 0 Å². The van der Waals surface area contributed by atoms with Crippen molar-refractivity contribution in [1.82, 2.24) is 4.90 Å². The van der Waals surface area contributed by atoms with Crippen molar-refractivity contribution in [2.45, 2.75) is 18.9 Å². The van der Waals surface area contributed by atoms with E-state index in [2.05, 4.69) is 0 Å². The number of nitro benzene ring substituents is 1. The van der Waals surface area contributed by atoms with Crippen LogP contribution in [0.4, 0.5) is 5.69 Å². The lowest BCUT2D eigenvalue weighted by Crippen LogP contribution is -2.34. The van der Waals surface area contributed by atoms with Gasteiger partial charge in [0.15, 0.2) is 6.61 Å². The number of hydrogen-bond acceptors (Lipinski definition) is 6. The highest BCUT2D eigenvalue weighted by Gasteiger charge is 2.32. The molecule has 3 rings (SSSR count). The standard InChI is InChI=1S/C20H22N2O6/c1-26-16-9-10-17(19(12-16)27-2)18-4-3-11-21(18)20(23)13-28-15-7-5-14(6-8-15)22(24)25/h5-10,12,18H,3-4,11,13H2,1-2H3.